The monoisotopic (exact) mass is 290 g/mol. The fraction of sp³-hybridized carbons (Fsp3) is 0.231. The molecule has 2 aromatic rings. The van der Waals surface area contributed by atoms with E-state index in [0.717, 1.165) is 0 Å². The Hall–Kier alpha value is -2.39. The highest BCUT2D eigenvalue weighted by Crippen LogP contribution is 2.15. The first-order valence-corrected chi connectivity index (χ1v) is 6.24. The van der Waals surface area contributed by atoms with E-state index in [9.17, 15) is 4.79 Å². The Morgan fingerprint density at radius 1 is 1.55 bits per heavy atom. The van der Waals surface area contributed by atoms with Crippen LogP contribution in [0.4, 0.5) is 0 Å². The molecule has 0 amide bonds. The Bertz CT molecular complexity index is 703. The van der Waals surface area contributed by atoms with E-state index < -0.39 is 5.97 Å². The molecule has 0 spiro atoms. The third-order valence-corrected chi connectivity index (χ3v) is 2.70. The van der Waals surface area contributed by atoms with Crippen LogP contribution in [0.5, 0.6) is 0 Å². The van der Waals surface area contributed by atoms with Gasteiger partial charge >= 0.3 is 5.97 Å². The molecule has 0 radical (unpaired) electrons. The van der Waals surface area contributed by atoms with Crippen LogP contribution < -0.4 is 0 Å². The minimum absolute atomic E-state index is 0.185. The molecule has 0 unspecified atom stereocenters. The van der Waals surface area contributed by atoms with Crippen molar-refractivity contribution < 1.29 is 9.53 Å². The number of pyridine rings is 1. The van der Waals surface area contributed by atoms with Crippen molar-refractivity contribution in [3.8, 4) is 11.9 Å². The number of nitrogens with zero attached hydrogens (tertiary/aromatic N) is 4. The molecule has 2 aromatic heterocycles. The highest BCUT2D eigenvalue weighted by molar-refractivity contribution is 6.29. The number of halogens is 1. The summed E-state index contributed by atoms with van der Waals surface area (Å²) in [6, 6.07) is 4.97. The molecule has 0 aromatic carbocycles. The topological polar surface area (TPSA) is 80.8 Å². The SMILES string of the molecule is CCOC(=O)c1nn(-c2cc(C#N)cc(Cl)n2)cc1C. The second-order valence-electron chi connectivity index (χ2n) is 3.97. The first-order valence-electron chi connectivity index (χ1n) is 5.86. The number of aromatic nitrogens is 3. The quantitative estimate of drug-likeness (QED) is 0.640. The van der Waals surface area contributed by atoms with Gasteiger partial charge in [-0.25, -0.2) is 14.5 Å². The van der Waals surface area contributed by atoms with Crippen molar-refractivity contribution >= 4 is 17.6 Å². The Morgan fingerprint density at radius 3 is 2.95 bits per heavy atom. The minimum atomic E-state index is -0.494. The highest BCUT2D eigenvalue weighted by Gasteiger charge is 2.16. The summed E-state index contributed by atoms with van der Waals surface area (Å²) in [5.41, 5.74) is 1.24. The maximum absolute atomic E-state index is 11.7. The zero-order valence-electron chi connectivity index (χ0n) is 10.9. The molecule has 0 N–H and O–H groups in total. The van der Waals surface area contributed by atoms with Crippen molar-refractivity contribution in [2.24, 2.45) is 0 Å². The summed E-state index contributed by atoms with van der Waals surface area (Å²) in [5.74, 6) is -0.126. The zero-order valence-corrected chi connectivity index (χ0v) is 11.7. The fourth-order valence-electron chi connectivity index (χ4n) is 1.64. The van der Waals surface area contributed by atoms with Gasteiger partial charge in [-0.1, -0.05) is 11.6 Å². The van der Waals surface area contributed by atoms with Crippen LogP contribution in [0.25, 0.3) is 5.82 Å². The summed E-state index contributed by atoms with van der Waals surface area (Å²) in [4.78, 5) is 15.8. The highest BCUT2D eigenvalue weighted by atomic mass is 35.5. The molecule has 0 bridgehead atoms. The first kappa shape index (κ1) is 14.0. The molecule has 0 fully saturated rings. The fourth-order valence-corrected chi connectivity index (χ4v) is 1.85. The molecular formula is C13H11ClN4O2. The number of ether oxygens (including phenoxy) is 1. The van der Waals surface area contributed by atoms with Crippen molar-refractivity contribution in [1.29, 1.82) is 5.26 Å². The van der Waals surface area contributed by atoms with E-state index >= 15 is 0 Å². The summed E-state index contributed by atoms with van der Waals surface area (Å²) in [6.07, 6.45) is 1.63. The lowest BCUT2D eigenvalue weighted by Gasteiger charge is -2.01. The van der Waals surface area contributed by atoms with Crippen molar-refractivity contribution in [3.05, 3.63) is 40.3 Å². The van der Waals surface area contributed by atoms with Crippen LogP contribution in [-0.2, 0) is 4.74 Å². The van der Waals surface area contributed by atoms with Gasteiger partial charge in [0.15, 0.2) is 11.5 Å². The summed E-state index contributed by atoms with van der Waals surface area (Å²) in [6.45, 7) is 3.74. The summed E-state index contributed by atoms with van der Waals surface area (Å²) >= 11 is 5.84. The van der Waals surface area contributed by atoms with Gasteiger partial charge in [0, 0.05) is 17.8 Å². The molecular weight excluding hydrogens is 280 g/mol. The van der Waals surface area contributed by atoms with Gasteiger partial charge in [0.1, 0.15) is 5.15 Å². The molecule has 2 heterocycles. The smallest absolute Gasteiger partial charge is 0.359 e. The Balaban J connectivity index is 2.45. The van der Waals surface area contributed by atoms with E-state index in [1.165, 1.54) is 16.8 Å². The number of aryl methyl sites for hydroxylation is 1. The molecule has 0 atom stereocenters. The molecule has 0 aliphatic rings. The lowest BCUT2D eigenvalue weighted by Crippen LogP contribution is -2.08. The van der Waals surface area contributed by atoms with E-state index in [1.54, 1.807) is 20.0 Å². The molecule has 2 rings (SSSR count). The van der Waals surface area contributed by atoms with E-state index in [4.69, 9.17) is 21.6 Å². The molecule has 0 aliphatic carbocycles. The minimum Gasteiger partial charge on any atom is -0.461 e. The van der Waals surface area contributed by atoms with Crippen molar-refractivity contribution in [2.75, 3.05) is 6.61 Å². The van der Waals surface area contributed by atoms with Crippen LogP contribution in [0.1, 0.15) is 28.5 Å². The average molecular weight is 291 g/mol. The van der Waals surface area contributed by atoms with E-state index in [2.05, 4.69) is 10.1 Å². The Kier molecular flexibility index (Phi) is 4.01. The third-order valence-electron chi connectivity index (χ3n) is 2.51. The lowest BCUT2D eigenvalue weighted by atomic mass is 10.3. The first-order chi connectivity index (χ1) is 9.55. The van der Waals surface area contributed by atoms with Crippen LogP contribution >= 0.6 is 11.6 Å². The van der Waals surface area contributed by atoms with Crippen LogP contribution in [0.3, 0.4) is 0 Å². The van der Waals surface area contributed by atoms with E-state index in [1.807, 2.05) is 6.07 Å². The molecule has 0 saturated carbocycles. The van der Waals surface area contributed by atoms with Gasteiger partial charge in [-0.15, -0.1) is 0 Å². The van der Waals surface area contributed by atoms with Gasteiger partial charge in [-0.3, -0.25) is 0 Å². The zero-order chi connectivity index (χ0) is 14.7. The number of esters is 1. The number of rotatable bonds is 3. The Morgan fingerprint density at radius 2 is 2.30 bits per heavy atom. The standard InChI is InChI=1S/C13H11ClN4O2/c1-3-20-13(19)12-8(2)7-18(17-12)11-5-9(6-15)4-10(14)16-11/h4-5,7H,3H2,1-2H3. The summed E-state index contributed by atoms with van der Waals surface area (Å²) in [5, 5.41) is 13.2. The normalized spacial score (nSPS) is 10.1. The second kappa shape index (κ2) is 5.72. The molecule has 102 valence electrons. The van der Waals surface area contributed by atoms with Gasteiger partial charge < -0.3 is 4.74 Å². The van der Waals surface area contributed by atoms with Gasteiger partial charge in [0.2, 0.25) is 0 Å². The lowest BCUT2D eigenvalue weighted by molar-refractivity contribution is 0.0518. The predicted octanol–water partition coefficient (Wildman–Crippen LogP) is 2.28. The largest absolute Gasteiger partial charge is 0.461 e. The molecule has 0 saturated heterocycles. The van der Waals surface area contributed by atoms with Crippen LogP contribution in [0.15, 0.2) is 18.3 Å². The third kappa shape index (κ3) is 2.78. The number of hydrogen-bond acceptors (Lipinski definition) is 5. The summed E-state index contributed by atoms with van der Waals surface area (Å²) < 4.78 is 6.31. The van der Waals surface area contributed by atoms with Gasteiger partial charge in [0.05, 0.1) is 18.2 Å². The maximum atomic E-state index is 11.7. The Labute approximate surface area is 120 Å². The molecule has 0 aliphatic heterocycles. The number of carbonyl (C=O) groups excluding carboxylic acids is 1. The van der Waals surface area contributed by atoms with E-state index in [0.29, 0.717) is 16.9 Å². The maximum Gasteiger partial charge on any atom is 0.359 e. The molecule has 20 heavy (non-hydrogen) atoms. The van der Waals surface area contributed by atoms with Gasteiger partial charge in [0.25, 0.3) is 0 Å². The van der Waals surface area contributed by atoms with Crippen molar-refractivity contribution in [1.82, 2.24) is 14.8 Å². The van der Waals surface area contributed by atoms with Crippen LogP contribution in [0, 0.1) is 18.3 Å². The van der Waals surface area contributed by atoms with Gasteiger partial charge in [-0.2, -0.15) is 10.4 Å². The van der Waals surface area contributed by atoms with Crippen LogP contribution in [0.2, 0.25) is 5.15 Å². The molecule has 6 nitrogen and oxygen atoms in total. The summed E-state index contributed by atoms with van der Waals surface area (Å²) in [7, 11) is 0. The van der Waals surface area contributed by atoms with E-state index in [-0.39, 0.29) is 17.5 Å². The molecule has 7 heteroatoms. The number of nitriles is 1. The van der Waals surface area contributed by atoms with Gasteiger partial charge in [-0.05, 0) is 19.9 Å². The number of carbonyl (C=O) groups is 1. The van der Waals surface area contributed by atoms with Crippen LogP contribution in [-0.4, -0.2) is 27.3 Å². The van der Waals surface area contributed by atoms with Crippen molar-refractivity contribution in [2.45, 2.75) is 13.8 Å². The van der Waals surface area contributed by atoms with Crippen molar-refractivity contribution in [3.63, 3.8) is 0 Å². The average Bonchev–Trinajstić information content (AvgIpc) is 2.80. The number of hydrogen-bond donors (Lipinski definition) is 0. The predicted molar refractivity (Wildman–Crippen MR) is 71.8 cm³/mol. The second-order valence-corrected chi connectivity index (χ2v) is 4.36.